The Morgan fingerprint density at radius 3 is 3.00 bits per heavy atom. The van der Waals surface area contributed by atoms with Gasteiger partial charge in [0.1, 0.15) is 5.82 Å². The second-order valence-electron chi connectivity index (χ2n) is 2.89. The third kappa shape index (κ3) is 2.28. The number of carbonyl (C=O) groups is 1. The monoisotopic (exact) mass is 300 g/mol. The molecule has 1 amide bonds. The molecule has 0 spiro atoms. The molecular formula is C10H6BrFN2OS. The number of nitrogens with one attached hydrogen (secondary N) is 1. The number of hydrogen-bond donors (Lipinski definition) is 1. The van der Waals surface area contributed by atoms with Crippen LogP contribution in [0.15, 0.2) is 34.2 Å². The molecule has 0 atom stereocenters. The molecule has 0 radical (unpaired) electrons. The third-order valence-electron chi connectivity index (χ3n) is 1.85. The van der Waals surface area contributed by atoms with Gasteiger partial charge in [-0.25, -0.2) is 9.37 Å². The van der Waals surface area contributed by atoms with Gasteiger partial charge in [0.25, 0.3) is 5.91 Å². The predicted octanol–water partition coefficient (Wildman–Crippen LogP) is 3.30. The standard InChI is InChI=1S/C10H6BrFN2OS/c11-8-6(2-1-3-7(8)12)9(15)14-10-13-4-5-16-10/h1-5H,(H,13,14,15). The van der Waals surface area contributed by atoms with Gasteiger partial charge >= 0.3 is 0 Å². The molecule has 6 heteroatoms. The molecule has 1 N–H and O–H groups in total. The van der Waals surface area contributed by atoms with Crippen molar-refractivity contribution in [3.05, 3.63) is 45.6 Å². The van der Waals surface area contributed by atoms with E-state index < -0.39 is 5.82 Å². The maximum atomic E-state index is 13.2. The van der Waals surface area contributed by atoms with Crippen molar-refractivity contribution >= 4 is 38.3 Å². The lowest BCUT2D eigenvalue weighted by atomic mass is 10.2. The van der Waals surface area contributed by atoms with Gasteiger partial charge in [0.2, 0.25) is 0 Å². The zero-order valence-electron chi connectivity index (χ0n) is 7.91. The molecular weight excluding hydrogens is 295 g/mol. The summed E-state index contributed by atoms with van der Waals surface area (Å²) in [5, 5.41) is 4.81. The summed E-state index contributed by atoms with van der Waals surface area (Å²) in [6.45, 7) is 0. The first-order valence-electron chi connectivity index (χ1n) is 4.33. The Balaban J connectivity index is 2.24. The van der Waals surface area contributed by atoms with Crippen LogP contribution in [0.1, 0.15) is 10.4 Å². The van der Waals surface area contributed by atoms with Crippen LogP contribution in [-0.2, 0) is 0 Å². The minimum Gasteiger partial charge on any atom is -0.298 e. The van der Waals surface area contributed by atoms with Crippen molar-refractivity contribution in [1.29, 1.82) is 0 Å². The van der Waals surface area contributed by atoms with Gasteiger partial charge in [0.05, 0.1) is 10.0 Å². The number of halogens is 2. The highest BCUT2D eigenvalue weighted by Crippen LogP contribution is 2.21. The molecule has 0 aliphatic rings. The Morgan fingerprint density at radius 2 is 2.31 bits per heavy atom. The van der Waals surface area contributed by atoms with Gasteiger partial charge in [0, 0.05) is 11.6 Å². The molecule has 16 heavy (non-hydrogen) atoms. The van der Waals surface area contributed by atoms with E-state index in [9.17, 15) is 9.18 Å². The van der Waals surface area contributed by atoms with Crippen molar-refractivity contribution in [2.75, 3.05) is 5.32 Å². The van der Waals surface area contributed by atoms with Crippen molar-refractivity contribution < 1.29 is 9.18 Å². The first-order chi connectivity index (χ1) is 7.68. The Kier molecular flexibility index (Phi) is 3.31. The SMILES string of the molecule is O=C(Nc1nccs1)c1cccc(F)c1Br. The molecule has 0 saturated carbocycles. The fraction of sp³-hybridized carbons (Fsp3) is 0. The predicted molar refractivity (Wildman–Crippen MR) is 64.2 cm³/mol. The van der Waals surface area contributed by atoms with Crippen LogP contribution in [0.4, 0.5) is 9.52 Å². The molecule has 0 aliphatic heterocycles. The summed E-state index contributed by atoms with van der Waals surface area (Å²) in [4.78, 5) is 15.7. The maximum absolute atomic E-state index is 13.2. The average Bonchev–Trinajstić information content (AvgIpc) is 2.74. The van der Waals surface area contributed by atoms with Crippen LogP contribution in [0.3, 0.4) is 0 Å². The molecule has 0 fully saturated rings. The van der Waals surface area contributed by atoms with E-state index in [0.29, 0.717) is 5.13 Å². The van der Waals surface area contributed by atoms with Gasteiger partial charge in [-0.2, -0.15) is 0 Å². The fourth-order valence-electron chi connectivity index (χ4n) is 1.13. The number of rotatable bonds is 2. The smallest absolute Gasteiger partial charge is 0.258 e. The Labute approximate surface area is 103 Å². The van der Waals surface area contributed by atoms with Crippen LogP contribution in [0.5, 0.6) is 0 Å². The number of anilines is 1. The highest BCUT2D eigenvalue weighted by atomic mass is 79.9. The number of benzene rings is 1. The number of carbonyl (C=O) groups excluding carboxylic acids is 1. The minimum absolute atomic E-state index is 0.157. The van der Waals surface area contributed by atoms with E-state index in [0.717, 1.165) is 0 Å². The lowest BCUT2D eigenvalue weighted by Gasteiger charge is -2.04. The second-order valence-corrected chi connectivity index (χ2v) is 4.58. The minimum atomic E-state index is -0.466. The van der Waals surface area contributed by atoms with Gasteiger partial charge in [-0.1, -0.05) is 6.07 Å². The van der Waals surface area contributed by atoms with E-state index >= 15 is 0 Å². The van der Waals surface area contributed by atoms with Gasteiger partial charge in [0.15, 0.2) is 5.13 Å². The Hall–Kier alpha value is -1.27. The van der Waals surface area contributed by atoms with Gasteiger partial charge in [-0.3, -0.25) is 10.1 Å². The largest absolute Gasteiger partial charge is 0.298 e. The van der Waals surface area contributed by atoms with E-state index in [1.165, 1.54) is 29.5 Å². The zero-order chi connectivity index (χ0) is 11.5. The molecule has 1 heterocycles. The summed E-state index contributed by atoms with van der Waals surface area (Å²) < 4.78 is 13.3. The van der Waals surface area contributed by atoms with Crippen molar-refractivity contribution in [2.24, 2.45) is 0 Å². The molecule has 0 aliphatic carbocycles. The number of hydrogen-bond acceptors (Lipinski definition) is 3. The van der Waals surface area contributed by atoms with Crippen LogP contribution in [0.25, 0.3) is 0 Å². The Morgan fingerprint density at radius 1 is 1.50 bits per heavy atom. The van der Waals surface area contributed by atoms with Crippen LogP contribution >= 0.6 is 27.3 Å². The summed E-state index contributed by atoms with van der Waals surface area (Å²) in [5.74, 6) is -0.854. The molecule has 1 aromatic heterocycles. The topological polar surface area (TPSA) is 42.0 Å². The average molecular weight is 301 g/mol. The van der Waals surface area contributed by atoms with Gasteiger partial charge in [-0.15, -0.1) is 11.3 Å². The zero-order valence-corrected chi connectivity index (χ0v) is 10.3. The van der Waals surface area contributed by atoms with Crippen molar-refractivity contribution in [1.82, 2.24) is 4.98 Å². The summed E-state index contributed by atoms with van der Waals surface area (Å²) >= 11 is 4.34. The van der Waals surface area contributed by atoms with Gasteiger partial charge < -0.3 is 0 Å². The number of aromatic nitrogens is 1. The number of thiazole rings is 1. The normalized spacial score (nSPS) is 10.1. The van der Waals surface area contributed by atoms with E-state index in [1.54, 1.807) is 11.6 Å². The molecule has 1 aromatic carbocycles. The molecule has 0 unspecified atom stereocenters. The molecule has 82 valence electrons. The molecule has 2 aromatic rings. The Bertz CT molecular complexity index is 516. The van der Waals surface area contributed by atoms with Crippen LogP contribution in [0.2, 0.25) is 0 Å². The fourth-order valence-corrected chi connectivity index (χ4v) is 2.10. The molecule has 2 rings (SSSR count). The summed E-state index contributed by atoms with van der Waals surface area (Å²) in [5.41, 5.74) is 0.246. The van der Waals surface area contributed by atoms with Crippen LogP contribution < -0.4 is 5.32 Å². The van der Waals surface area contributed by atoms with Gasteiger partial charge in [-0.05, 0) is 28.1 Å². The highest BCUT2D eigenvalue weighted by molar-refractivity contribution is 9.10. The maximum Gasteiger partial charge on any atom is 0.258 e. The van der Waals surface area contributed by atoms with E-state index in [1.807, 2.05) is 0 Å². The van der Waals surface area contributed by atoms with Crippen LogP contribution in [-0.4, -0.2) is 10.9 Å². The van der Waals surface area contributed by atoms with Crippen LogP contribution in [0, 0.1) is 5.82 Å². The van der Waals surface area contributed by atoms with Crippen molar-refractivity contribution in [2.45, 2.75) is 0 Å². The van der Waals surface area contributed by atoms with E-state index in [2.05, 4.69) is 26.2 Å². The number of amides is 1. The van der Waals surface area contributed by atoms with E-state index in [-0.39, 0.29) is 15.9 Å². The lowest BCUT2D eigenvalue weighted by molar-refractivity contribution is 0.102. The first kappa shape index (κ1) is 11.2. The summed E-state index contributed by atoms with van der Waals surface area (Å²) in [7, 11) is 0. The quantitative estimate of drug-likeness (QED) is 0.924. The third-order valence-corrected chi connectivity index (χ3v) is 3.34. The summed E-state index contributed by atoms with van der Waals surface area (Å²) in [6.07, 6.45) is 1.58. The second kappa shape index (κ2) is 4.71. The molecule has 0 saturated heterocycles. The molecule has 0 bridgehead atoms. The van der Waals surface area contributed by atoms with E-state index in [4.69, 9.17) is 0 Å². The molecule has 3 nitrogen and oxygen atoms in total. The first-order valence-corrected chi connectivity index (χ1v) is 6.00. The number of nitrogens with zero attached hydrogens (tertiary/aromatic N) is 1. The summed E-state index contributed by atoms with van der Waals surface area (Å²) in [6, 6.07) is 4.30. The highest BCUT2D eigenvalue weighted by Gasteiger charge is 2.13. The van der Waals surface area contributed by atoms with Crippen molar-refractivity contribution in [3.8, 4) is 0 Å². The van der Waals surface area contributed by atoms with Crippen molar-refractivity contribution in [3.63, 3.8) is 0 Å². The lowest BCUT2D eigenvalue weighted by Crippen LogP contribution is -2.12.